The Balaban J connectivity index is 2.45. The molecule has 0 radical (unpaired) electrons. The number of nitrogens with one attached hydrogen (secondary N) is 1. The van der Waals surface area contributed by atoms with Crippen molar-refractivity contribution in [1.29, 1.82) is 0 Å². The van der Waals surface area contributed by atoms with E-state index in [1.165, 1.54) is 5.56 Å². The largest absolute Gasteiger partial charge is 0.353 e. The molecule has 0 aromatic heterocycles. The topological polar surface area (TPSA) is 89.3 Å². The van der Waals surface area contributed by atoms with Crippen LogP contribution in [0.5, 0.6) is 0 Å². The van der Waals surface area contributed by atoms with E-state index in [2.05, 4.69) is 19.2 Å². The molecule has 0 heterocycles. The van der Waals surface area contributed by atoms with E-state index in [-0.39, 0.29) is 18.3 Å². The van der Waals surface area contributed by atoms with Crippen LogP contribution < -0.4 is 11.1 Å². The van der Waals surface area contributed by atoms with E-state index in [1.807, 2.05) is 31.2 Å². The van der Waals surface area contributed by atoms with E-state index in [0.717, 1.165) is 18.4 Å². The maximum Gasteiger partial charge on any atom is 0.235 e. The monoisotopic (exact) mass is 354 g/mol. The summed E-state index contributed by atoms with van der Waals surface area (Å²) >= 11 is 0. The molecule has 1 amide bonds. The number of sulfone groups is 1. The van der Waals surface area contributed by atoms with Gasteiger partial charge in [0.05, 0.1) is 5.75 Å². The first-order chi connectivity index (χ1) is 11.2. The van der Waals surface area contributed by atoms with Crippen LogP contribution in [0.4, 0.5) is 0 Å². The molecule has 1 atom stereocenters. The van der Waals surface area contributed by atoms with E-state index in [4.69, 9.17) is 5.73 Å². The number of unbranched alkanes of at least 4 members (excludes halogenated alkanes) is 2. The predicted molar refractivity (Wildman–Crippen MR) is 98.6 cm³/mol. The number of hydrogen-bond acceptors (Lipinski definition) is 4. The third kappa shape index (κ3) is 7.45. The van der Waals surface area contributed by atoms with Crippen molar-refractivity contribution < 1.29 is 13.2 Å². The lowest BCUT2D eigenvalue weighted by molar-refractivity contribution is -0.118. The number of carbonyl (C=O) groups excluding carboxylic acids is 1. The Labute approximate surface area is 145 Å². The molecular weight excluding hydrogens is 324 g/mol. The first-order valence-corrected chi connectivity index (χ1v) is 10.4. The molecule has 1 rings (SSSR count). The van der Waals surface area contributed by atoms with E-state index in [1.54, 1.807) is 0 Å². The summed E-state index contributed by atoms with van der Waals surface area (Å²) in [6, 6.07) is 7.61. The van der Waals surface area contributed by atoms with Crippen LogP contribution in [0.1, 0.15) is 63.1 Å². The summed E-state index contributed by atoms with van der Waals surface area (Å²) in [4.78, 5) is 11.8. The minimum Gasteiger partial charge on any atom is -0.353 e. The van der Waals surface area contributed by atoms with Crippen LogP contribution in [-0.2, 0) is 14.6 Å². The highest BCUT2D eigenvalue weighted by atomic mass is 32.2. The third-order valence-electron chi connectivity index (χ3n) is 3.96. The molecule has 0 aliphatic rings. The van der Waals surface area contributed by atoms with Crippen LogP contribution in [0.3, 0.4) is 0 Å². The molecule has 136 valence electrons. The van der Waals surface area contributed by atoms with E-state index < -0.39 is 21.5 Å². The summed E-state index contributed by atoms with van der Waals surface area (Å²) in [6.45, 7) is 6.48. The minimum absolute atomic E-state index is 0.0664. The molecule has 0 bridgehead atoms. The first kappa shape index (κ1) is 20.6. The number of amides is 1. The zero-order valence-electron chi connectivity index (χ0n) is 14.9. The van der Waals surface area contributed by atoms with Gasteiger partial charge in [0.1, 0.15) is 5.75 Å². The fourth-order valence-corrected chi connectivity index (χ4v) is 3.65. The third-order valence-corrected chi connectivity index (χ3v) is 5.57. The van der Waals surface area contributed by atoms with Crippen molar-refractivity contribution in [2.24, 2.45) is 5.73 Å². The smallest absolute Gasteiger partial charge is 0.235 e. The van der Waals surface area contributed by atoms with Crippen molar-refractivity contribution in [1.82, 2.24) is 5.32 Å². The maximum absolute atomic E-state index is 11.8. The van der Waals surface area contributed by atoms with Crippen LogP contribution in [-0.4, -0.2) is 32.4 Å². The van der Waals surface area contributed by atoms with Crippen molar-refractivity contribution in [3.63, 3.8) is 0 Å². The van der Waals surface area contributed by atoms with Crippen molar-refractivity contribution >= 4 is 15.7 Å². The summed E-state index contributed by atoms with van der Waals surface area (Å²) in [5, 5.41) is 2.62. The average molecular weight is 355 g/mol. The molecule has 6 heteroatoms. The zero-order valence-corrected chi connectivity index (χ0v) is 15.7. The second kappa shape index (κ2) is 9.79. The summed E-state index contributed by atoms with van der Waals surface area (Å²) in [6.07, 6.45) is 2.41. The molecule has 1 aromatic rings. The summed E-state index contributed by atoms with van der Waals surface area (Å²) in [5.41, 5.74) is 8.22. The standard InChI is InChI=1S/C18H30N2O3S/c1-4-5-6-11-24(22,23)13-18(21)20-12-17(19)16-9-7-15(8-10-16)14(2)3/h7-10,14,17H,4-6,11-13,19H2,1-3H3,(H,20,21). The number of carbonyl (C=O) groups is 1. The lowest BCUT2D eigenvalue weighted by atomic mass is 9.99. The van der Waals surface area contributed by atoms with E-state index >= 15 is 0 Å². The van der Waals surface area contributed by atoms with Gasteiger partial charge in [-0.05, 0) is 23.5 Å². The predicted octanol–water partition coefficient (Wildman–Crippen LogP) is 2.53. The molecule has 0 saturated carbocycles. The van der Waals surface area contributed by atoms with Gasteiger partial charge in [-0.15, -0.1) is 0 Å². The Morgan fingerprint density at radius 3 is 2.25 bits per heavy atom. The Morgan fingerprint density at radius 1 is 1.12 bits per heavy atom. The molecule has 1 aromatic carbocycles. The quantitative estimate of drug-likeness (QED) is 0.632. The number of nitrogens with two attached hydrogens (primary N) is 1. The van der Waals surface area contributed by atoms with Crippen LogP contribution >= 0.6 is 0 Å². The maximum atomic E-state index is 11.8. The number of benzene rings is 1. The molecule has 0 spiro atoms. The van der Waals surface area contributed by atoms with Gasteiger partial charge in [-0.1, -0.05) is 57.9 Å². The molecule has 5 nitrogen and oxygen atoms in total. The van der Waals surface area contributed by atoms with Gasteiger partial charge in [0, 0.05) is 12.6 Å². The number of rotatable bonds is 10. The second-order valence-corrected chi connectivity index (χ2v) is 8.72. The van der Waals surface area contributed by atoms with Crippen molar-refractivity contribution in [3.8, 4) is 0 Å². The van der Waals surface area contributed by atoms with E-state index in [9.17, 15) is 13.2 Å². The van der Waals surface area contributed by atoms with Crippen LogP contribution in [0.15, 0.2) is 24.3 Å². The highest BCUT2D eigenvalue weighted by molar-refractivity contribution is 7.92. The van der Waals surface area contributed by atoms with Crippen LogP contribution in [0, 0.1) is 0 Å². The fraction of sp³-hybridized carbons (Fsp3) is 0.611. The van der Waals surface area contributed by atoms with Gasteiger partial charge in [0.15, 0.2) is 9.84 Å². The molecule has 0 aliphatic carbocycles. The zero-order chi connectivity index (χ0) is 18.2. The Hall–Kier alpha value is -1.40. The average Bonchev–Trinajstić information content (AvgIpc) is 2.52. The molecule has 1 unspecified atom stereocenters. The molecule has 3 N–H and O–H groups in total. The van der Waals surface area contributed by atoms with Gasteiger partial charge in [-0.25, -0.2) is 8.42 Å². The van der Waals surface area contributed by atoms with Gasteiger partial charge in [0.25, 0.3) is 0 Å². The first-order valence-electron chi connectivity index (χ1n) is 8.57. The Kier molecular flexibility index (Phi) is 8.42. The highest BCUT2D eigenvalue weighted by Crippen LogP contribution is 2.17. The minimum atomic E-state index is -3.33. The summed E-state index contributed by atoms with van der Waals surface area (Å²) in [5.74, 6) is -0.430. The highest BCUT2D eigenvalue weighted by Gasteiger charge is 2.17. The van der Waals surface area contributed by atoms with Crippen molar-refractivity contribution in [2.75, 3.05) is 18.1 Å². The molecule has 0 aliphatic heterocycles. The molecule has 0 saturated heterocycles. The second-order valence-electron chi connectivity index (χ2n) is 6.53. The van der Waals surface area contributed by atoms with Gasteiger partial charge in [-0.3, -0.25) is 4.79 Å². The molecule has 24 heavy (non-hydrogen) atoms. The molecular formula is C18H30N2O3S. The van der Waals surface area contributed by atoms with Crippen molar-refractivity contribution in [3.05, 3.63) is 35.4 Å². The lowest BCUT2D eigenvalue weighted by Crippen LogP contribution is -2.36. The summed E-state index contributed by atoms with van der Waals surface area (Å²) in [7, 11) is -3.33. The Bertz CT molecular complexity index is 610. The number of hydrogen-bond donors (Lipinski definition) is 2. The van der Waals surface area contributed by atoms with Gasteiger partial charge in [-0.2, -0.15) is 0 Å². The SMILES string of the molecule is CCCCCS(=O)(=O)CC(=O)NCC(N)c1ccc(C(C)C)cc1. The normalized spacial score (nSPS) is 13.0. The molecule has 0 fully saturated rings. The summed E-state index contributed by atoms with van der Waals surface area (Å²) < 4.78 is 23.7. The van der Waals surface area contributed by atoms with Gasteiger partial charge >= 0.3 is 0 Å². The lowest BCUT2D eigenvalue weighted by Gasteiger charge is -2.14. The van der Waals surface area contributed by atoms with Gasteiger partial charge in [0.2, 0.25) is 5.91 Å². The van der Waals surface area contributed by atoms with E-state index in [0.29, 0.717) is 12.3 Å². The Morgan fingerprint density at radius 2 is 1.71 bits per heavy atom. The van der Waals surface area contributed by atoms with Gasteiger partial charge < -0.3 is 11.1 Å². The van der Waals surface area contributed by atoms with Crippen LogP contribution in [0.2, 0.25) is 0 Å². The van der Waals surface area contributed by atoms with Crippen LogP contribution in [0.25, 0.3) is 0 Å². The fourth-order valence-electron chi connectivity index (χ4n) is 2.36. The van der Waals surface area contributed by atoms with Crippen molar-refractivity contribution in [2.45, 2.75) is 52.0 Å².